The molecule has 1 aromatic heterocycles. The van der Waals surface area contributed by atoms with Crippen LogP contribution in [0.3, 0.4) is 0 Å². The summed E-state index contributed by atoms with van der Waals surface area (Å²) in [5.41, 5.74) is 1.80. The fraction of sp³-hybridized carbons (Fsp3) is 0.471. The minimum atomic E-state index is -0.493. The quantitative estimate of drug-likeness (QED) is 0.888. The maximum absolute atomic E-state index is 10.4. The Morgan fingerprint density at radius 3 is 2.57 bits per heavy atom. The third-order valence-corrected chi connectivity index (χ3v) is 4.27. The van der Waals surface area contributed by atoms with E-state index in [2.05, 4.69) is 34.7 Å². The Morgan fingerprint density at radius 2 is 1.90 bits per heavy atom. The van der Waals surface area contributed by atoms with Crippen LogP contribution in [0.1, 0.15) is 37.7 Å². The molecule has 0 amide bonds. The normalized spacial score (nSPS) is 17.8. The molecular weight excluding hydrogens is 262 g/mol. The lowest BCUT2D eigenvalue weighted by atomic mass is 9.85. The van der Waals surface area contributed by atoms with E-state index in [1.807, 2.05) is 16.9 Å². The smallest absolute Gasteiger partial charge is 0.0771 e. The van der Waals surface area contributed by atoms with Crippen LogP contribution < -0.4 is 5.32 Å². The number of benzene rings is 1. The topological polar surface area (TPSA) is 50.1 Å². The van der Waals surface area contributed by atoms with Crippen LogP contribution in [0, 0.1) is 0 Å². The van der Waals surface area contributed by atoms with E-state index in [1.165, 1.54) is 12.0 Å². The van der Waals surface area contributed by atoms with Crippen LogP contribution in [0.25, 0.3) is 5.69 Å². The molecule has 1 heterocycles. The molecule has 1 aliphatic rings. The van der Waals surface area contributed by atoms with Crippen LogP contribution in [0.2, 0.25) is 0 Å². The first-order chi connectivity index (χ1) is 10.3. The summed E-state index contributed by atoms with van der Waals surface area (Å²) in [5.74, 6) is 0. The van der Waals surface area contributed by atoms with Gasteiger partial charge >= 0.3 is 0 Å². The molecule has 0 spiro atoms. The number of aliphatic hydroxyl groups is 1. The molecule has 4 nitrogen and oxygen atoms in total. The average molecular weight is 285 g/mol. The number of hydrogen-bond donors (Lipinski definition) is 2. The minimum absolute atomic E-state index is 0.493. The molecule has 0 aliphatic heterocycles. The Morgan fingerprint density at radius 1 is 1.14 bits per heavy atom. The summed E-state index contributed by atoms with van der Waals surface area (Å²) in [6.07, 6.45) is 9.13. The highest BCUT2D eigenvalue weighted by Gasteiger charge is 2.28. The van der Waals surface area contributed by atoms with Crippen molar-refractivity contribution in [2.75, 3.05) is 6.54 Å². The molecule has 21 heavy (non-hydrogen) atoms. The fourth-order valence-electron chi connectivity index (χ4n) is 3.01. The van der Waals surface area contributed by atoms with Gasteiger partial charge in [-0.05, 0) is 36.6 Å². The summed E-state index contributed by atoms with van der Waals surface area (Å²) in [4.78, 5) is 0. The van der Waals surface area contributed by atoms with Crippen LogP contribution in [0.4, 0.5) is 0 Å². The Bertz CT molecular complexity index is 542. The van der Waals surface area contributed by atoms with Gasteiger partial charge in [0, 0.05) is 25.5 Å². The molecule has 4 heteroatoms. The van der Waals surface area contributed by atoms with Crippen molar-refractivity contribution in [1.29, 1.82) is 0 Å². The van der Waals surface area contributed by atoms with Crippen molar-refractivity contribution in [3.63, 3.8) is 0 Å². The monoisotopic (exact) mass is 285 g/mol. The van der Waals surface area contributed by atoms with Gasteiger partial charge in [0.2, 0.25) is 0 Å². The summed E-state index contributed by atoms with van der Waals surface area (Å²) in [7, 11) is 0. The van der Waals surface area contributed by atoms with Crippen molar-refractivity contribution in [2.24, 2.45) is 0 Å². The first kappa shape index (κ1) is 14.3. The van der Waals surface area contributed by atoms with Gasteiger partial charge in [0.15, 0.2) is 0 Å². The molecule has 3 rings (SSSR count). The van der Waals surface area contributed by atoms with Crippen molar-refractivity contribution in [2.45, 2.75) is 44.2 Å². The van der Waals surface area contributed by atoms with Gasteiger partial charge < -0.3 is 10.4 Å². The van der Waals surface area contributed by atoms with Gasteiger partial charge in [-0.25, -0.2) is 4.68 Å². The van der Waals surface area contributed by atoms with Crippen molar-refractivity contribution in [3.05, 3.63) is 48.3 Å². The molecular formula is C17H23N3O. The van der Waals surface area contributed by atoms with E-state index >= 15 is 0 Å². The predicted molar refractivity (Wildman–Crippen MR) is 83.3 cm³/mol. The predicted octanol–water partition coefficient (Wildman–Crippen LogP) is 2.66. The zero-order valence-electron chi connectivity index (χ0n) is 12.3. The van der Waals surface area contributed by atoms with E-state index in [1.54, 1.807) is 6.20 Å². The van der Waals surface area contributed by atoms with Gasteiger partial charge in [0.1, 0.15) is 0 Å². The molecule has 0 saturated heterocycles. The van der Waals surface area contributed by atoms with Crippen molar-refractivity contribution in [1.82, 2.24) is 15.1 Å². The van der Waals surface area contributed by atoms with Crippen LogP contribution in [-0.2, 0) is 6.54 Å². The summed E-state index contributed by atoms with van der Waals surface area (Å²) >= 11 is 0. The van der Waals surface area contributed by atoms with E-state index in [0.717, 1.165) is 37.9 Å². The highest BCUT2D eigenvalue weighted by Crippen LogP contribution is 2.27. The number of nitrogens with zero attached hydrogens (tertiary/aromatic N) is 2. The molecule has 1 aromatic carbocycles. The molecule has 1 aliphatic carbocycles. The molecule has 112 valence electrons. The Balaban J connectivity index is 1.51. The second-order valence-corrected chi connectivity index (χ2v) is 6.01. The number of hydrogen-bond acceptors (Lipinski definition) is 3. The molecule has 0 unspecified atom stereocenters. The van der Waals surface area contributed by atoms with E-state index in [0.29, 0.717) is 6.54 Å². The van der Waals surface area contributed by atoms with E-state index in [9.17, 15) is 5.11 Å². The summed E-state index contributed by atoms with van der Waals surface area (Å²) < 4.78 is 1.85. The number of nitrogens with one attached hydrogen (secondary N) is 1. The SMILES string of the molecule is OC1(CNCc2ccc(-n3cccn3)cc2)CCCCC1. The molecule has 1 saturated carbocycles. The van der Waals surface area contributed by atoms with Crippen LogP contribution in [0.15, 0.2) is 42.7 Å². The van der Waals surface area contributed by atoms with Crippen LogP contribution >= 0.6 is 0 Å². The van der Waals surface area contributed by atoms with E-state index in [4.69, 9.17) is 0 Å². The maximum Gasteiger partial charge on any atom is 0.0771 e. The zero-order valence-corrected chi connectivity index (χ0v) is 12.3. The highest BCUT2D eigenvalue weighted by molar-refractivity contribution is 5.33. The first-order valence-corrected chi connectivity index (χ1v) is 7.77. The standard InChI is InChI=1S/C17H23N3O/c21-17(9-2-1-3-10-17)14-18-13-15-5-7-16(8-6-15)20-12-4-11-19-20/h4-8,11-12,18,21H,1-3,9-10,13-14H2. The van der Waals surface area contributed by atoms with Gasteiger partial charge in [0.25, 0.3) is 0 Å². The second kappa shape index (κ2) is 6.41. The molecule has 2 N–H and O–H groups in total. The fourth-order valence-corrected chi connectivity index (χ4v) is 3.01. The summed E-state index contributed by atoms with van der Waals surface area (Å²) in [6, 6.07) is 10.3. The average Bonchev–Trinajstić information content (AvgIpc) is 3.03. The highest BCUT2D eigenvalue weighted by atomic mass is 16.3. The molecule has 0 atom stereocenters. The van der Waals surface area contributed by atoms with Crippen LogP contribution in [-0.4, -0.2) is 27.0 Å². The van der Waals surface area contributed by atoms with Gasteiger partial charge in [0.05, 0.1) is 11.3 Å². The Hall–Kier alpha value is -1.65. The lowest BCUT2D eigenvalue weighted by Gasteiger charge is -2.32. The third kappa shape index (κ3) is 3.71. The van der Waals surface area contributed by atoms with Gasteiger partial charge in [-0.15, -0.1) is 0 Å². The van der Waals surface area contributed by atoms with Crippen LogP contribution in [0.5, 0.6) is 0 Å². The largest absolute Gasteiger partial charge is 0.389 e. The van der Waals surface area contributed by atoms with Gasteiger partial charge in [-0.2, -0.15) is 5.10 Å². The lowest BCUT2D eigenvalue weighted by molar-refractivity contribution is 0.00467. The third-order valence-electron chi connectivity index (χ3n) is 4.27. The van der Waals surface area contributed by atoms with Gasteiger partial charge in [-0.1, -0.05) is 31.4 Å². The summed E-state index contributed by atoms with van der Waals surface area (Å²) in [5, 5.41) is 18.1. The lowest BCUT2D eigenvalue weighted by Crippen LogP contribution is -2.41. The molecule has 2 aromatic rings. The van der Waals surface area contributed by atoms with Crippen molar-refractivity contribution < 1.29 is 5.11 Å². The van der Waals surface area contributed by atoms with E-state index < -0.39 is 5.60 Å². The summed E-state index contributed by atoms with van der Waals surface area (Å²) in [6.45, 7) is 1.48. The van der Waals surface area contributed by atoms with Crippen molar-refractivity contribution in [3.8, 4) is 5.69 Å². The first-order valence-electron chi connectivity index (χ1n) is 7.77. The maximum atomic E-state index is 10.4. The Labute approximate surface area is 125 Å². The molecule has 0 radical (unpaired) electrons. The second-order valence-electron chi connectivity index (χ2n) is 6.01. The van der Waals surface area contributed by atoms with Gasteiger partial charge in [-0.3, -0.25) is 0 Å². The minimum Gasteiger partial charge on any atom is -0.389 e. The zero-order chi connectivity index (χ0) is 14.5. The number of rotatable bonds is 5. The molecule has 1 fully saturated rings. The van der Waals surface area contributed by atoms with E-state index in [-0.39, 0.29) is 0 Å². The van der Waals surface area contributed by atoms with Crippen molar-refractivity contribution >= 4 is 0 Å². The molecule has 0 bridgehead atoms. The number of aromatic nitrogens is 2. The Kier molecular flexibility index (Phi) is 4.36.